The largest absolute Gasteiger partial charge is 0.467 e. The highest BCUT2D eigenvalue weighted by molar-refractivity contribution is 7.98. The Labute approximate surface area is 104 Å². The summed E-state index contributed by atoms with van der Waals surface area (Å²) in [6.07, 6.45) is 3.05. The van der Waals surface area contributed by atoms with E-state index in [2.05, 4.69) is 33.4 Å². The van der Waals surface area contributed by atoms with E-state index in [9.17, 15) is 0 Å². The minimum atomic E-state index is 0.133. The van der Waals surface area contributed by atoms with E-state index in [4.69, 9.17) is 16.3 Å². The molecule has 1 aromatic rings. The quantitative estimate of drug-likeness (QED) is 0.847. The van der Waals surface area contributed by atoms with Gasteiger partial charge < -0.3 is 10.1 Å². The Balaban J connectivity index is 2.74. The molecule has 0 amide bonds. The Morgan fingerprint density at radius 3 is 2.75 bits per heavy atom. The van der Waals surface area contributed by atoms with E-state index in [1.165, 1.54) is 7.11 Å². The van der Waals surface area contributed by atoms with Crippen molar-refractivity contribution in [2.24, 2.45) is 0 Å². The first-order valence-corrected chi connectivity index (χ1v) is 6.67. The van der Waals surface area contributed by atoms with Crippen LogP contribution in [0.5, 0.6) is 6.01 Å². The Bertz CT molecular complexity index is 339. The molecule has 16 heavy (non-hydrogen) atoms. The molecule has 5 nitrogen and oxygen atoms in total. The summed E-state index contributed by atoms with van der Waals surface area (Å²) >= 11 is 7.51. The zero-order valence-electron chi connectivity index (χ0n) is 9.53. The lowest BCUT2D eigenvalue weighted by molar-refractivity contribution is 0.378. The van der Waals surface area contributed by atoms with E-state index in [1.54, 1.807) is 11.8 Å². The Morgan fingerprint density at radius 2 is 2.19 bits per heavy atom. The highest BCUT2D eigenvalue weighted by Gasteiger charge is 2.10. The molecule has 1 unspecified atom stereocenters. The van der Waals surface area contributed by atoms with Crippen LogP contribution in [0.4, 0.5) is 5.95 Å². The van der Waals surface area contributed by atoms with Gasteiger partial charge in [0.15, 0.2) is 0 Å². The molecular formula is C9H15ClN4OS. The zero-order chi connectivity index (χ0) is 12.0. The second-order valence-electron chi connectivity index (χ2n) is 3.12. The van der Waals surface area contributed by atoms with Gasteiger partial charge in [0, 0.05) is 11.8 Å². The molecule has 0 aromatic carbocycles. The van der Waals surface area contributed by atoms with Gasteiger partial charge in [-0.1, -0.05) is 6.92 Å². The molecule has 1 aromatic heterocycles. The van der Waals surface area contributed by atoms with E-state index in [1.807, 2.05) is 0 Å². The Morgan fingerprint density at radius 1 is 1.44 bits per heavy atom. The number of hydrogen-bond acceptors (Lipinski definition) is 6. The summed E-state index contributed by atoms with van der Waals surface area (Å²) in [7, 11) is 1.49. The van der Waals surface area contributed by atoms with Crippen LogP contribution in [0, 0.1) is 0 Å². The van der Waals surface area contributed by atoms with Crippen molar-refractivity contribution in [1.29, 1.82) is 0 Å². The first-order valence-electron chi connectivity index (χ1n) is 4.90. The van der Waals surface area contributed by atoms with E-state index in [0.717, 1.165) is 12.2 Å². The third-order valence-corrected chi connectivity index (χ3v) is 2.87. The third kappa shape index (κ3) is 4.02. The smallest absolute Gasteiger partial charge is 0.322 e. The second kappa shape index (κ2) is 6.75. The molecule has 0 fully saturated rings. The van der Waals surface area contributed by atoms with Gasteiger partial charge in [-0.3, -0.25) is 0 Å². The molecule has 1 heterocycles. The molecule has 0 saturated carbocycles. The molecule has 0 aliphatic carbocycles. The van der Waals surface area contributed by atoms with E-state index in [0.29, 0.717) is 12.0 Å². The number of rotatable bonds is 6. The standard InChI is InChI=1S/C9H15ClN4OS/c1-4-6(5-16-3)11-8-12-7(10)13-9(14-8)15-2/h6H,4-5H2,1-3H3,(H,11,12,13,14). The number of nitrogens with zero attached hydrogens (tertiary/aromatic N) is 3. The van der Waals surface area contributed by atoms with Gasteiger partial charge in [-0.2, -0.15) is 26.7 Å². The van der Waals surface area contributed by atoms with Gasteiger partial charge in [-0.25, -0.2) is 0 Å². The highest BCUT2D eigenvalue weighted by atomic mass is 35.5. The molecule has 0 bridgehead atoms. The summed E-state index contributed by atoms with van der Waals surface area (Å²) in [6.45, 7) is 2.11. The maximum absolute atomic E-state index is 5.75. The maximum atomic E-state index is 5.75. The number of methoxy groups -OCH3 is 1. The van der Waals surface area contributed by atoms with Crippen LogP contribution in [0.15, 0.2) is 0 Å². The lowest BCUT2D eigenvalue weighted by Gasteiger charge is -2.15. The topological polar surface area (TPSA) is 59.9 Å². The van der Waals surface area contributed by atoms with Crippen molar-refractivity contribution >= 4 is 29.3 Å². The Kier molecular flexibility index (Phi) is 5.62. The zero-order valence-corrected chi connectivity index (χ0v) is 11.1. The molecule has 1 rings (SSSR count). The van der Waals surface area contributed by atoms with Crippen LogP contribution in [0.1, 0.15) is 13.3 Å². The van der Waals surface area contributed by atoms with Gasteiger partial charge >= 0.3 is 6.01 Å². The fourth-order valence-electron chi connectivity index (χ4n) is 1.13. The van der Waals surface area contributed by atoms with Gasteiger partial charge in [-0.15, -0.1) is 0 Å². The van der Waals surface area contributed by atoms with Crippen molar-refractivity contribution in [3.63, 3.8) is 0 Å². The molecule has 90 valence electrons. The highest BCUT2D eigenvalue weighted by Crippen LogP contribution is 2.13. The van der Waals surface area contributed by atoms with Gasteiger partial charge in [0.05, 0.1) is 7.11 Å². The van der Waals surface area contributed by atoms with Gasteiger partial charge in [-0.05, 0) is 24.3 Å². The number of hydrogen-bond donors (Lipinski definition) is 1. The van der Waals surface area contributed by atoms with Gasteiger partial charge in [0.2, 0.25) is 11.2 Å². The molecule has 0 saturated heterocycles. The molecular weight excluding hydrogens is 248 g/mol. The van der Waals surface area contributed by atoms with E-state index >= 15 is 0 Å². The van der Waals surface area contributed by atoms with Crippen molar-refractivity contribution in [2.75, 3.05) is 24.4 Å². The number of anilines is 1. The summed E-state index contributed by atoms with van der Waals surface area (Å²) in [6, 6.07) is 0.541. The summed E-state index contributed by atoms with van der Waals surface area (Å²) in [5.41, 5.74) is 0. The fourth-order valence-corrected chi connectivity index (χ4v) is 2.01. The van der Waals surface area contributed by atoms with Crippen LogP contribution in [-0.4, -0.2) is 40.1 Å². The third-order valence-electron chi connectivity index (χ3n) is 1.96. The number of aromatic nitrogens is 3. The van der Waals surface area contributed by atoms with Crippen molar-refractivity contribution in [3.8, 4) is 6.01 Å². The van der Waals surface area contributed by atoms with Gasteiger partial charge in [0.1, 0.15) is 0 Å². The lowest BCUT2D eigenvalue weighted by atomic mass is 10.3. The molecule has 0 spiro atoms. The number of halogens is 1. The summed E-state index contributed by atoms with van der Waals surface area (Å²) in [5.74, 6) is 1.44. The molecule has 0 aliphatic rings. The van der Waals surface area contributed by atoms with E-state index < -0.39 is 0 Å². The van der Waals surface area contributed by atoms with Crippen molar-refractivity contribution < 1.29 is 4.74 Å². The summed E-state index contributed by atoms with van der Waals surface area (Å²) < 4.78 is 4.92. The molecule has 1 N–H and O–H groups in total. The SMILES string of the molecule is CCC(CSC)Nc1nc(Cl)nc(OC)n1. The van der Waals surface area contributed by atoms with Crippen molar-refractivity contribution in [1.82, 2.24) is 15.0 Å². The van der Waals surface area contributed by atoms with Crippen LogP contribution in [-0.2, 0) is 0 Å². The molecule has 1 atom stereocenters. The van der Waals surface area contributed by atoms with Crippen LogP contribution in [0.2, 0.25) is 5.28 Å². The van der Waals surface area contributed by atoms with Crippen LogP contribution in [0.25, 0.3) is 0 Å². The van der Waals surface area contributed by atoms with Crippen LogP contribution < -0.4 is 10.1 Å². The predicted octanol–water partition coefficient (Wildman–Crippen LogP) is 2.09. The van der Waals surface area contributed by atoms with Crippen LogP contribution >= 0.6 is 23.4 Å². The normalized spacial score (nSPS) is 12.2. The second-order valence-corrected chi connectivity index (χ2v) is 4.37. The molecule has 7 heteroatoms. The average Bonchev–Trinajstić information content (AvgIpc) is 2.27. The average molecular weight is 263 g/mol. The predicted molar refractivity (Wildman–Crippen MR) is 67.5 cm³/mol. The monoisotopic (exact) mass is 262 g/mol. The first-order chi connectivity index (χ1) is 7.69. The number of ether oxygens (including phenoxy) is 1. The van der Waals surface area contributed by atoms with Crippen molar-refractivity contribution in [3.05, 3.63) is 5.28 Å². The Hall–Kier alpha value is -0.750. The minimum Gasteiger partial charge on any atom is -0.467 e. The van der Waals surface area contributed by atoms with Crippen LogP contribution in [0.3, 0.4) is 0 Å². The minimum absolute atomic E-state index is 0.133. The molecule has 0 aliphatic heterocycles. The number of thioether (sulfide) groups is 1. The number of nitrogens with one attached hydrogen (secondary N) is 1. The van der Waals surface area contributed by atoms with Crippen molar-refractivity contribution in [2.45, 2.75) is 19.4 Å². The molecule has 0 radical (unpaired) electrons. The van der Waals surface area contributed by atoms with Gasteiger partial charge in [0.25, 0.3) is 0 Å². The summed E-state index contributed by atoms with van der Waals surface area (Å²) in [4.78, 5) is 11.9. The van der Waals surface area contributed by atoms with E-state index in [-0.39, 0.29) is 11.3 Å². The first kappa shape index (κ1) is 13.3. The lowest BCUT2D eigenvalue weighted by Crippen LogP contribution is -2.22. The fraction of sp³-hybridized carbons (Fsp3) is 0.667. The summed E-state index contributed by atoms with van der Waals surface area (Å²) in [5, 5.41) is 3.33. The maximum Gasteiger partial charge on any atom is 0.322 e.